The van der Waals surface area contributed by atoms with Gasteiger partial charge in [-0.25, -0.2) is 4.79 Å². The zero-order valence-electron chi connectivity index (χ0n) is 17.6. The molecule has 0 spiro atoms. The summed E-state index contributed by atoms with van der Waals surface area (Å²) in [5.74, 6) is 1.17. The summed E-state index contributed by atoms with van der Waals surface area (Å²) in [7, 11) is 1.63. The maximum absolute atomic E-state index is 13.3. The summed E-state index contributed by atoms with van der Waals surface area (Å²) in [5, 5.41) is 3.32. The number of aromatic amines is 1. The van der Waals surface area contributed by atoms with E-state index in [9.17, 15) is 9.59 Å². The molecule has 2 aromatic heterocycles. The van der Waals surface area contributed by atoms with E-state index in [1.54, 1.807) is 11.7 Å². The SMILES string of the molecule is COc1ccc(Cn2c(OC3CCNCC3)nc3[nH]c(=O)n(CC4CC4)c(=O)c32)cc1. The zero-order valence-corrected chi connectivity index (χ0v) is 17.6. The Kier molecular flexibility index (Phi) is 5.27. The van der Waals surface area contributed by atoms with Crippen LogP contribution in [0.1, 0.15) is 31.2 Å². The predicted molar refractivity (Wildman–Crippen MR) is 116 cm³/mol. The smallest absolute Gasteiger partial charge is 0.330 e. The molecule has 2 fully saturated rings. The first-order chi connectivity index (χ1) is 15.1. The molecular weight excluding hydrogens is 398 g/mol. The molecule has 31 heavy (non-hydrogen) atoms. The maximum Gasteiger partial charge on any atom is 0.330 e. The van der Waals surface area contributed by atoms with Gasteiger partial charge in [-0.05, 0) is 62.4 Å². The Labute approximate surface area is 179 Å². The minimum Gasteiger partial charge on any atom is -0.497 e. The minimum atomic E-state index is -0.410. The summed E-state index contributed by atoms with van der Waals surface area (Å²) in [6.45, 7) is 2.62. The maximum atomic E-state index is 13.3. The molecule has 0 radical (unpaired) electrons. The zero-order chi connectivity index (χ0) is 21.4. The summed E-state index contributed by atoms with van der Waals surface area (Å²) >= 11 is 0. The number of piperidine rings is 1. The van der Waals surface area contributed by atoms with Gasteiger partial charge in [0.05, 0.1) is 13.7 Å². The van der Waals surface area contributed by atoms with Crippen LogP contribution >= 0.6 is 0 Å². The second kappa shape index (κ2) is 8.22. The average molecular weight is 425 g/mol. The van der Waals surface area contributed by atoms with Gasteiger partial charge in [-0.15, -0.1) is 0 Å². The van der Waals surface area contributed by atoms with Gasteiger partial charge in [-0.3, -0.25) is 18.9 Å². The van der Waals surface area contributed by atoms with Gasteiger partial charge in [0, 0.05) is 6.54 Å². The van der Waals surface area contributed by atoms with Crippen molar-refractivity contribution in [1.82, 2.24) is 24.4 Å². The Bertz CT molecular complexity index is 1180. The molecule has 1 aliphatic heterocycles. The lowest BCUT2D eigenvalue weighted by atomic mass is 10.1. The number of imidazole rings is 1. The van der Waals surface area contributed by atoms with Gasteiger partial charge in [0.2, 0.25) is 0 Å². The second-order valence-electron chi connectivity index (χ2n) is 8.38. The number of aromatic nitrogens is 4. The van der Waals surface area contributed by atoms with Crippen molar-refractivity contribution in [2.75, 3.05) is 20.2 Å². The van der Waals surface area contributed by atoms with E-state index in [0.717, 1.165) is 50.1 Å². The second-order valence-corrected chi connectivity index (χ2v) is 8.38. The number of ether oxygens (including phenoxy) is 2. The number of H-pyrrole nitrogens is 1. The highest BCUT2D eigenvalue weighted by molar-refractivity contribution is 5.71. The minimum absolute atomic E-state index is 0.0214. The number of hydrogen-bond acceptors (Lipinski definition) is 6. The third kappa shape index (κ3) is 4.10. The summed E-state index contributed by atoms with van der Waals surface area (Å²) in [6, 6.07) is 8.04. The number of rotatable bonds is 7. The lowest BCUT2D eigenvalue weighted by Crippen LogP contribution is -2.36. The normalized spacial score (nSPS) is 17.2. The van der Waals surface area contributed by atoms with Gasteiger partial charge >= 0.3 is 5.69 Å². The van der Waals surface area contributed by atoms with Crippen LogP contribution in [0, 0.1) is 5.92 Å². The average Bonchev–Trinajstić information content (AvgIpc) is 3.55. The highest BCUT2D eigenvalue weighted by Gasteiger charge is 2.26. The molecule has 1 aliphatic carbocycles. The third-order valence-corrected chi connectivity index (χ3v) is 6.05. The van der Waals surface area contributed by atoms with Crippen LogP contribution < -0.4 is 26.0 Å². The molecule has 2 N–H and O–H groups in total. The van der Waals surface area contributed by atoms with Crippen LogP contribution in [-0.2, 0) is 13.1 Å². The van der Waals surface area contributed by atoms with Crippen molar-refractivity contribution in [1.29, 1.82) is 0 Å². The van der Waals surface area contributed by atoms with E-state index in [1.165, 1.54) is 4.57 Å². The first-order valence-electron chi connectivity index (χ1n) is 10.9. The van der Waals surface area contributed by atoms with Gasteiger partial charge in [-0.2, -0.15) is 4.98 Å². The number of benzene rings is 1. The van der Waals surface area contributed by atoms with E-state index < -0.39 is 5.69 Å². The fourth-order valence-electron chi connectivity index (χ4n) is 4.06. The molecule has 5 rings (SSSR count). The lowest BCUT2D eigenvalue weighted by molar-refractivity contribution is 0.144. The van der Waals surface area contributed by atoms with Crippen LogP contribution in [0.3, 0.4) is 0 Å². The van der Waals surface area contributed by atoms with Crippen molar-refractivity contribution < 1.29 is 9.47 Å². The molecule has 0 amide bonds. The molecule has 9 heteroatoms. The Hall–Kier alpha value is -3.07. The van der Waals surface area contributed by atoms with Crippen LogP contribution in [0.25, 0.3) is 11.2 Å². The van der Waals surface area contributed by atoms with E-state index in [2.05, 4.69) is 15.3 Å². The van der Waals surface area contributed by atoms with Crippen molar-refractivity contribution in [3.63, 3.8) is 0 Å². The Balaban J connectivity index is 1.59. The van der Waals surface area contributed by atoms with Gasteiger partial charge in [0.1, 0.15) is 11.9 Å². The topological polar surface area (TPSA) is 103 Å². The van der Waals surface area contributed by atoms with Gasteiger partial charge in [-0.1, -0.05) is 12.1 Å². The van der Waals surface area contributed by atoms with Crippen LogP contribution in [-0.4, -0.2) is 45.4 Å². The molecule has 0 bridgehead atoms. The molecule has 1 aromatic carbocycles. The number of nitrogens with one attached hydrogen (secondary N) is 2. The Morgan fingerprint density at radius 3 is 2.48 bits per heavy atom. The fraction of sp³-hybridized carbons (Fsp3) is 0.500. The van der Waals surface area contributed by atoms with Crippen LogP contribution in [0.2, 0.25) is 0 Å². The predicted octanol–water partition coefficient (Wildman–Crippen LogP) is 1.48. The van der Waals surface area contributed by atoms with Crippen LogP contribution in [0.5, 0.6) is 11.8 Å². The lowest BCUT2D eigenvalue weighted by Gasteiger charge is -2.23. The molecule has 3 aromatic rings. The summed E-state index contributed by atoms with van der Waals surface area (Å²) in [6.07, 6.45) is 3.87. The number of fused-ring (bicyclic) bond motifs is 1. The van der Waals surface area contributed by atoms with Crippen molar-refractivity contribution in [3.05, 3.63) is 50.7 Å². The number of hydrogen-bond donors (Lipinski definition) is 2. The monoisotopic (exact) mass is 425 g/mol. The van der Waals surface area contributed by atoms with Crippen LogP contribution in [0.4, 0.5) is 0 Å². The standard InChI is InChI=1S/C22H27N5O4/c1-30-16-6-4-15(5-7-16)12-26-18-19(25-22(26)31-17-8-10-23-11-9-17)24-21(29)27(20(18)28)13-14-2-3-14/h4-7,14,17,23H,2-3,8-13H2,1H3,(H,24,29). The molecule has 0 unspecified atom stereocenters. The van der Waals surface area contributed by atoms with Crippen molar-refractivity contribution in [2.45, 2.75) is 44.9 Å². The van der Waals surface area contributed by atoms with E-state index >= 15 is 0 Å². The van der Waals surface area contributed by atoms with Crippen molar-refractivity contribution in [3.8, 4) is 11.8 Å². The number of methoxy groups -OCH3 is 1. The summed E-state index contributed by atoms with van der Waals surface area (Å²) in [4.78, 5) is 33.2. The molecule has 1 saturated heterocycles. The van der Waals surface area contributed by atoms with Crippen molar-refractivity contribution >= 4 is 11.2 Å². The van der Waals surface area contributed by atoms with E-state index in [4.69, 9.17) is 9.47 Å². The number of nitrogens with zero attached hydrogens (tertiary/aromatic N) is 3. The molecule has 3 heterocycles. The highest BCUT2D eigenvalue weighted by Crippen LogP contribution is 2.30. The first kappa shape index (κ1) is 19.9. The molecule has 9 nitrogen and oxygen atoms in total. The quantitative estimate of drug-likeness (QED) is 0.595. The third-order valence-electron chi connectivity index (χ3n) is 6.05. The highest BCUT2D eigenvalue weighted by atomic mass is 16.5. The van der Waals surface area contributed by atoms with Gasteiger partial charge in [0.15, 0.2) is 11.2 Å². The van der Waals surface area contributed by atoms with E-state index in [1.807, 2.05) is 24.3 Å². The molecule has 0 atom stereocenters. The molecule has 1 saturated carbocycles. The largest absolute Gasteiger partial charge is 0.497 e. The van der Waals surface area contributed by atoms with Crippen molar-refractivity contribution in [2.24, 2.45) is 5.92 Å². The van der Waals surface area contributed by atoms with E-state index in [0.29, 0.717) is 30.5 Å². The Morgan fingerprint density at radius 2 is 1.81 bits per heavy atom. The Morgan fingerprint density at radius 1 is 1.06 bits per heavy atom. The van der Waals surface area contributed by atoms with E-state index in [-0.39, 0.29) is 17.3 Å². The molecule has 2 aliphatic rings. The van der Waals surface area contributed by atoms with Crippen LogP contribution in [0.15, 0.2) is 33.9 Å². The summed E-state index contributed by atoms with van der Waals surface area (Å²) < 4.78 is 14.6. The van der Waals surface area contributed by atoms with Gasteiger partial charge < -0.3 is 14.8 Å². The molecular formula is C22H27N5O4. The summed E-state index contributed by atoms with van der Waals surface area (Å²) in [5.41, 5.74) is 0.910. The molecule has 164 valence electrons. The van der Waals surface area contributed by atoms with Gasteiger partial charge in [0.25, 0.3) is 11.6 Å². The first-order valence-corrected chi connectivity index (χ1v) is 10.9. The fourth-order valence-corrected chi connectivity index (χ4v) is 4.06.